The highest BCUT2D eigenvalue weighted by Gasteiger charge is 2.12. The largest absolute Gasteiger partial charge is 0.497 e. The van der Waals surface area contributed by atoms with Gasteiger partial charge in [0.2, 0.25) is 5.95 Å². The minimum atomic E-state index is -0.228. The molecule has 0 radical (unpaired) electrons. The molecule has 0 spiro atoms. The van der Waals surface area contributed by atoms with Gasteiger partial charge in [0.1, 0.15) is 11.4 Å². The molecule has 1 aromatic carbocycles. The van der Waals surface area contributed by atoms with Crippen LogP contribution in [0.5, 0.6) is 5.75 Å². The van der Waals surface area contributed by atoms with Gasteiger partial charge >= 0.3 is 0 Å². The van der Waals surface area contributed by atoms with Gasteiger partial charge in [-0.05, 0) is 36.4 Å². The Hall–Kier alpha value is -3.15. The third-order valence-electron chi connectivity index (χ3n) is 3.38. The highest BCUT2D eigenvalue weighted by molar-refractivity contribution is 6.03. The molecule has 1 N–H and O–H groups in total. The zero-order valence-corrected chi connectivity index (χ0v) is 12.9. The van der Waals surface area contributed by atoms with Gasteiger partial charge in [0.25, 0.3) is 5.91 Å². The molecule has 0 unspecified atom stereocenters. The predicted octanol–water partition coefficient (Wildman–Crippen LogP) is 2.74. The number of nitrogens with one attached hydrogen (secondary N) is 1. The Morgan fingerprint density at radius 3 is 2.57 bits per heavy atom. The van der Waals surface area contributed by atoms with E-state index >= 15 is 0 Å². The van der Waals surface area contributed by atoms with Crippen molar-refractivity contribution in [3.05, 3.63) is 60.4 Å². The van der Waals surface area contributed by atoms with E-state index in [9.17, 15) is 4.79 Å². The maximum absolute atomic E-state index is 12.3. The normalized spacial score (nSPS) is 10.3. The van der Waals surface area contributed by atoms with Crippen molar-refractivity contribution in [2.75, 3.05) is 12.4 Å². The lowest BCUT2D eigenvalue weighted by molar-refractivity contribution is 0.102. The van der Waals surface area contributed by atoms with Gasteiger partial charge in [0.15, 0.2) is 0 Å². The number of aryl methyl sites for hydroxylation is 1. The highest BCUT2D eigenvalue weighted by Crippen LogP contribution is 2.18. The second kappa shape index (κ2) is 6.31. The van der Waals surface area contributed by atoms with Gasteiger partial charge in [0, 0.05) is 25.0 Å². The Morgan fingerprint density at radius 2 is 1.91 bits per heavy atom. The fourth-order valence-corrected chi connectivity index (χ4v) is 2.14. The molecule has 0 saturated heterocycles. The van der Waals surface area contributed by atoms with E-state index < -0.39 is 0 Å². The van der Waals surface area contributed by atoms with Crippen LogP contribution in [0.15, 0.2) is 54.9 Å². The van der Waals surface area contributed by atoms with E-state index in [0.29, 0.717) is 23.0 Å². The molecule has 0 aliphatic rings. The number of ether oxygens (including phenoxy) is 1. The summed E-state index contributed by atoms with van der Waals surface area (Å²) in [7, 11) is 3.41. The average molecular weight is 308 g/mol. The fraction of sp³-hybridized carbons (Fsp3) is 0.118. The summed E-state index contributed by atoms with van der Waals surface area (Å²) >= 11 is 0. The quantitative estimate of drug-likeness (QED) is 0.804. The minimum absolute atomic E-state index is 0.228. The summed E-state index contributed by atoms with van der Waals surface area (Å²) in [5.41, 5.74) is 2.00. The first-order chi connectivity index (χ1) is 11.2. The smallest absolute Gasteiger partial charge is 0.257 e. The number of nitrogens with zero attached hydrogens (tertiary/aromatic N) is 3. The second-order valence-corrected chi connectivity index (χ2v) is 4.96. The summed E-state index contributed by atoms with van der Waals surface area (Å²) < 4.78 is 6.84. The van der Waals surface area contributed by atoms with E-state index in [4.69, 9.17) is 4.74 Å². The number of benzene rings is 1. The first-order valence-electron chi connectivity index (χ1n) is 7.07. The number of imidazole rings is 1. The molecule has 6 heteroatoms. The monoisotopic (exact) mass is 308 g/mol. The number of rotatable bonds is 4. The molecule has 23 heavy (non-hydrogen) atoms. The Balaban J connectivity index is 1.79. The minimum Gasteiger partial charge on any atom is -0.497 e. The van der Waals surface area contributed by atoms with Crippen molar-refractivity contribution < 1.29 is 9.53 Å². The molecule has 3 rings (SSSR count). The first-order valence-corrected chi connectivity index (χ1v) is 7.07. The summed E-state index contributed by atoms with van der Waals surface area (Å²) in [6.45, 7) is 0. The molecule has 2 heterocycles. The van der Waals surface area contributed by atoms with E-state index in [-0.39, 0.29) is 5.91 Å². The van der Waals surface area contributed by atoms with Crippen LogP contribution < -0.4 is 10.1 Å². The van der Waals surface area contributed by atoms with Gasteiger partial charge in [-0.15, -0.1) is 0 Å². The molecule has 2 aromatic heterocycles. The molecule has 0 fully saturated rings. The van der Waals surface area contributed by atoms with Crippen LogP contribution in [0.1, 0.15) is 10.4 Å². The van der Waals surface area contributed by atoms with Crippen LogP contribution in [-0.2, 0) is 7.05 Å². The lowest BCUT2D eigenvalue weighted by Gasteiger charge is -2.05. The molecule has 0 aliphatic carbocycles. The zero-order chi connectivity index (χ0) is 16.2. The maximum Gasteiger partial charge on any atom is 0.257 e. The fourth-order valence-electron chi connectivity index (χ4n) is 2.14. The Labute approximate surface area is 133 Å². The summed E-state index contributed by atoms with van der Waals surface area (Å²) in [5, 5.41) is 2.80. The van der Waals surface area contributed by atoms with E-state index in [1.165, 1.54) is 0 Å². The summed E-state index contributed by atoms with van der Waals surface area (Å²) in [6.07, 6.45) is 3.53. The van der Waals surface area contributed by atoms with Crippen molar-refractivity contribution in [1.82, 2.24) is 14.5 Å². The average Bonchev–Trinajstić information content (AvgIpc) is 2.96. The molecule has 1 amide bonds. The van der Waals surface area contributed by atoms with Gasteiger partial charge in [-0.25, -0.2) is 4.98 Å². The number of hydrogen-bond acceptors (Lipinski definition) is 4. The molecule has 116 valence electrons. The lowest BCUT2D eigenvalue weighted by atomic mass is 10.2. The number of methoxy groups -OCH3 is 1. The predicted molar refractivity (Wildman–Crippen MR) is 87.4 cm³/mol. The van der Waals surface area contributed by atoms with Crippen LogP contribution >= 0.6 is 0 Å². The van der Waals surface area contributed by atoms with Gasteiger partial charge in [-0.2, -0.15) is 0 Å². The molecular weight excluding hydrogens is 292 g/mol. The van der Waals surface area contributed by atoms with Gasteiger partial charge in [-0.3, -0.25) is 15.1 Å². The molecule has 0 saturated carbocycles. The van der Waals surface area contributed by atoms with Gasteiger partial charge < -0.3 is 9.30 Å². The molecule has 3 aromatic rings. The number of amides is 1. The van der Waals surface area contributed by atoms with Crippen molar-refractivity contribution in [3.63, 3.8) is 0 Å². The molecule has 0 bridgehead atoms. The summed E-state index contributed by atoms with van der Waals surface area (Å²) in [6, 6.07) is 12.5. The highest BCUT2D eigenvalue weighted by atomic mass is 16.5. The van der Waals surface area contributed by atoms with Gasteiger partial charge in [-0.1, -0.05) is 6.07 Å². The number of hydrogen-bond donors (Lipinski definition) is 1. The van der Waals surface area contributed by atoms with E-state index in [1.54, 1.807) is 42.1 Å². The molecule has 6 nitrogen and oxygen atoms in total. The number of carbonyl (C=O) groups is 1. The number of aromatic nitrogens is 3. The topological polar surface area (TPSA) is 69.0 Å². The summed E-state index contributed by atoms with van der Waals surface area (Å²) in [4.78, 5) is 21.0. The Morgan fingerprint density at radius 1 is 1.13 bits per heavy atom. The standard InChI is InChI=1S/C17H16N4O2/c1-21-11-15(14-5-3-4-10-18-14)19-17(21)20-16(22)12-6-8-13(23-2)9-7-12/h3-11H,1-2H3,(H,19,20,22). The molecule has 0 atom stereocenters. The first kappa shape index (κ1) is 14.8. The SMILES string of the molecule is COc1ccc(C(=O)Nc2nc(-c3ccccn3)cn2C)cc1. The van der Waals surface area contributed by atoms with Crippen LogP contribution in [0.4, 0.5) is 5.95 Å². The maximum atomic E-state index is 12.3. The van der Waals surface area contributed by atoms with Crippen molar-refractivity contribution >= 4 is 11.9 Å². The molecular formula is C17H16N4O2. The summed E-state index contributed by atoms with van der Waals surface area (Å²) in [5.74, 6) is 0.941. The van der Waals surface area contributed by atoms with Crippen LogP contribution in [0, 0.1) is 0 Å². The van der Waals surface area contributed by atoms with Crippen molar-refractivity contribution in [3.8, 4) is 17.1 Å². The van der Waals surface area contributed by atoms with Crippen LogP contribution in [0.2, 0.25) is 0 Å². The Kier molecular flexibility index (Phi) is 4.05. The molecule has 0 aliphatic heterocycles. The van der Waals surface area contributed by atoms with Crippen LogP contribution in [-0.4, -0.2) is 27.6 Å². The Bertz CT molecular complexity index is 810. The van der Waals surface area contributed by atoms with Crippen molar-refractivity contribution in [2.45, 2.75) is 0 Å². The second-order valence-electron chi connectivity index (χ2n) is 4.96. The van der Waals surface area contributed by atoms with E-state index in [1.807, 2.05) is 31.4 Å². The van der Waals surface area contributed by atoms with Crippen molar-refractivity contribution in [1.29, 1.82) is 0 Å². The lowest BCUT2D eigenvalue weighted by Crippen LogP contribution is -2.14. The van der Waals surface area contributed by atoms with Crippen LogP contribution in [0.3, 0.4) is 0 Å². The zero-order valence-electron chi connectivity index (χ0n) is 12.9. The van der Waals surface area contributed by atoms with Gasteiger partial charge in [0.05, 0.1) is 12.8 Å². The third kappa shape index (κ3) is 3.21. The number of pyridine rings is 1. The van der Waals surface area contributed by atoms with Crippen molar-refractivity contribution in [2.24, 2.45) is 7.05 Å². The van der Waals surface area contributed by atoms with Crippen LogP contribution in [0.25, 0.3) is 11.4 Å². The third-order valence-corrected chi connectivity index (χ3v) is 3.38. The number of anilines is 1. The van der Waals surface area contributed by atoms with E-state index in [2.05, 4.69) is 15.3 Å². The number of carbonyl (C=O) groups excluding carboxylic acids is 1. The van der Waals surface area contributed by atoms with E-state index in [0.717, 1.165) is 5.69 Å².